The third kappa shape index (κ3) is 2.74. The van der Waals surface area contributed by atoms with Crippen molar-refractivity contribution in [1.82, 2.24) is 15.1 Å². The summed E-state index contributed by atoms with van der Waals surface area (Å²) in [5.74, 6) is -0.158. The van der Waals surface area contributed by atoms with Gasteiger partial charge < -0.3 is 16.4 Å². The highest BCUT2D eigenvalue weighted by Crippen LogP contribution is 2.25. The summed E-state index contributed by atoms with van der Waals surface area (Å²) in [4.78, 5) is 11.9. The van der Waals surface area contributed by atoms with Crippen LogP contribution >= 0.6 is 0 Å². The Bertz CT molecular complexity index is 632. The number of rotatable bonds is 4. The van der Waals surface area contributed by atoms with Crippen molar-refractivity contribution in [2.45, 2.75) is 13.3 Å². The van der Waals surface area contributed by atoms with E-state index in [9.17, 15) is 4.79 Å². The molecule has 1 heterocycles. The fourth-order valence-corrected chi connectivity index (χ4v) is 2.04. The van der Waals surface area contributed by atoms with Crippen LogP contribution in [0.4, 0.5) is 17.1 Å². The molecule has 0 atom stereocenters. The third-order valence-corrected chi connectivity index (χ3v) is 3.02. The molecule has 0 saturated heterocycles. The first-order valence-electron chi connectivity index (χ1n) is 6.46. The summed E-state index contributed by atoms with van der Waals surface area (Å²) in [6, 6.07) is 5.16. The Morgan fingerprint density at radius 2 is 2.15 bits per heavy atom. The van der Waals surface area contributed by atoms with Crippen molar-refractivity contribution in [3.8, 4) is 0 Å². The van der Waals surface area contributed by atoms with E-state index >= 15 is 0 Å². The van der Waals surface area contributed by atoms with Crippen molar-refractivity contribution in [3.05, 3.63) is 35.7 Å². The van der Waals surface area contributed by atoms with Crippen LogP contribution in [0.2, 0.25) is 0 Å². The van der Waals surface area contributed by atoms with Crippen LogP contribution in [0.3, 0.4) is 0 Å². The molecule has 2 rings (SSSR count). The number of nitrogen functional groups attached to an aromatic ring is 1. The van der Waals surface area contributed by atoms with Crippen molar-refractivity contribution in [2.75, 3.05) is 18.1 Å². The second-order valence-corrected chi connectivity index (χ2v) is 4.53. The van der Waals surface area contributed by atoms with Crippen molar-refractivity contribution >= 4 is 23.0 Å². The average Bonchev–Trinajstić information content (AvgIpc) is 2.78. The van der Waals surface area contributed by atoms with Gasteiger partial charge in [0.25, 0.3) is 5.91 Å². The normalized spacial score (nSPS) is 10.3. The number of anilines is 3. The molecule has 0 unspecified atom stereocenters. The maximum absolute atomic E-state index is 11.9. The lowest BCUT2D eigenvalue weighted by atomic mass is 10.1. The second-order valence-electron chi connectivity index (χ2n) is 4.53. The van der Waals surface area contributed by atoms with E-state index in [-0.39, 0.29) is 5.91 Å². The molecule has 1 amide bonds. The minimum absolute atomic E-state index is 0.158. The van der Waals surface area contributed by atoms with Gasteiger partial charge in [0, 0.05) is 26.0 Å². The van der Waals surface area contributed by atoms with Crippen LogP contribution in [-0.4, -0.2) is 22.7 Å². The number of nitrogens with two attached hydrogens (primary N) is 1. The molecule has 0 spiro atoms. The number of carbonyl (C=O) groups excluding carboxylic acids is 1. The Hall–Kier alpha value is -2.50. The lowest BCUT2D eigenvalue weighted by molar-refractivity contribution is 0.0964. The Kier molecular flexibility index (Phi) is 3.93. The largest absolute Gasteiger partial charge is 0.399 e. The molecule has 0 aliphatic heterocycles. The molecule has 1 aromatic heterocycles. The molecule has 0 bridgehead atoms. The minimum atomic E-state index is -0.158. The Morgan fingerprint density at radius 1 is 1.40 bits per heavy atom. The van der Waals surface area contributed by atoms with Crippen molar-refractivity contribution in [2.24, 2.45) is 7.05 Å². The van der Waals surface area contributed by atoms with E-state index < -0.39 is 0 Å². The van der Waals surface area contributed by atoms with E-state index in [4.69, 9.17) is 5.73 Å². The second kappa shape index (κ2) is 5.64. The van der Waals surface area contributed by atoms with Crippen LogP contribution in [0.25, 0.3) is 0 Å². The molecule has 20 heavy (non-hydrogen) atoms. The minimum Gasteiger partial charge on any atom is -0.399 e. The van der Waals surface area contributed by atoms with Gasteiger partial charge in [-0.25, -0.2) is 0 Å². The summed E-state index contributed by atoms with van der Waals surface area (Å²) < 4.78 is 1.74. The molecule has 0 saturated carbocycles. The van der Waals surface area contributed by atoms with Crippen LogP contribution in [0.15, 0.2) is 24.4 Å². The highest BCUT2D eigenvalue weighted by atomic mass is 16.1. The van der Waals surface area contributed by atoms with Gasteiger partial charge in [0.1, 0.15) is 0 Å². The first-order valence-corrected chi connectivity index (χ1v) is 6.46. The van der Waals surface area contributed by atoms with E-state index in [0.29, 0.717) is 16.9 Å². The Morgan fingerprint density at radius 3 is 2.80 bits per heavy atom. The zero-order chi connectivity index (χ0) is 14.7. The maximum atomic E-state index is 11.9. The average molecular weight is 273 g/mol. The van der Waals surface area contributed by atoms with Gasteiger partial charge in [-0.1, -0.05) is 6.92 Å². The van der Waals surface area contributed by atoms with E-state index in [0.717, 1.165) is 17.8 Å². The first kappa shape index (κ1) is 13.9. The fraction of sp³-hybridized carbons (Fsp3) is 0.286. The molecule has 2 aromatic rings. The number of amides is 1. The van der Waals surface area contributed by atoms with Gasteiger partial charge in [-0.05, 0) is 24.6 Å². The number of aryl methyl sites for hydroxylation is 2. The van der Waals surface area contributed by atoms with Gasteiger partial charge in [-0.15, -0.1) is 0 Å². The highest BCUT2D eigenvalue weighted by Gasteiger charge is 2.13. The molecule has 6 nitrogen and oxygen atoms in total. The molecule has 0 aliphatic carbocycles. The van der Waals surface area contributed by atoms with Gasteiger partial charge in [0.05, 0.1) is 22.6 Å². The molecule has 106 valence electrons. The highest BCUT2D eigenvalue weighted by molar-refractivity contribution is 6.00. The lowest BCUT2D eigenvalue weighted by Gasteiger charge is -2.11. The molecule has 0 fully saturated rings. The number of nitrogens with one attached hydrogen (secondary N) is 2. The van der Waals surface area contributed by atoms with Crippen LogP contribution in [0.1, 0.15) is 23.0 Å². The summed E-state index contributed by atoms with van der Waals surface area (Å²) in [7, 11) is 3.47. The quantitative estimate of drug-likeness (QED) is 0.740. The van der Waals surface area contributed by atoms with Crippen molar-refractivity contribution < 1.29 is 4.79 Å². The van der Waals surface area contributed by atoms with Crippen LogP contribution < -0.4 is 16.4 Å². The number of nitrogens with zero attached hydrogens (tertiary/aromatic N) is 2. The molecule has 1 aromatic carbocycles. The van der Waals surface area contributed by atoms with E-state index in [1.54, 1.807) is 29.9 Å². The van der Waals surface area contributed by atoms with Crippen molar-refractivity contribution in [3.63, 3.8) is 0 Å². The molecule has 6 heteroatoms. The summed E-state index contributed by atoms with van der Waals surface area (Å²) in [6.45, 7) is 2.03. The van der Waals surface area contributed by atoms with Crippen LogP contribution in [0, 0.1) is 0 Å². The number of hydrogen-bond donors (Lipinski definition) is 3. The SMILES string of the molecule is CCc1nn(C)cc1Nc1cc(N)ccc1C(=O)NC. The Labute approximate surface area is 118 Å². The van der Waals surface area contributed by atoms with Crippen molar-refractivity contribution in [1.29, 1.82) is 0 Å². The smallest absolute Gasteiger partial charge is 0.253 e. The number of hydrogen-bond acceptors (Lipinski definition) is 4. The summed E-state index contributed by atoms with van der Waals surface area (Å²) in [5, 5.41) is 10.2. The molecule has 4 N–H and O–H groups in total. The summed E-state index contributed by atoms with van der Waals surface area (Å²) >= 11 is 0. The predicted molar refractivity (Wildman–Crippen MR) is 80.1 cm³/mol. The standard InChI is InChI=1S/C14H19N5O/c1-4-11-13(8-19(3)18-11)17-12-7-9(15)5-6-10(12)14(20)16-2/h5-8,17H,4,15H2,1-3H3,(H,16,20). The topological polar surface area (TPSA) is 85.0 Å². The van der Waals surface area contributed by atoms with Gasteiger partial charge in [-0.2, -0.15) is 5.10 Å². The summed E-state index contributed by atoms with van der Waals surface area (Å²) in [6.07, 6.45) is 2.69. The first-order chi connectivity index (χ1) is 9.55. The number of carbonyl (C=O) groups is 1. The number of benzene rings is 1. The van der Waals surface area contributed by atoms with Gasteiger partial charge in [0.2, 0.25) is 0 Å². The number of aromatic nitrogens is 2. The van der Waals surface area contributed by atoms with E-state index in [1.165, 1.54) is 0 Å². The summed E-state index contributed by atoms with van der Waals surface area (Å²) in [5.41, 5.74) is 9.45. The molecular formula is C14H19N5O. The molecule has 0 radical (unpaired) electrons. The fourth-order valence-electron chi connectivity index (χ4n) is 2.04. The van der Waals surface area contributed by atoms with Crippen LogP contribution in [-0.2, 0) is 13.5 Å². The predicted octanol–water partition coefficient (Wildman–Crippen LogP) is 1.67. The van der Waals surface area contributed by atoms with Gasteiger partial charge in [0.15, 0.2) is 0 Å². The molecule has 0 aliphatic rings. The molecular weight excluding hydrogens is 254 g/mol. The Balaban J connectivity index is 2.41. The zero-order valence-corrected chi connectivity index (χ0v) is 11.9. The van der Waals surface area contributed by atoms with Gasteiger partial charge >= 0.3 is 0 Å². The van der Waals surface area contributed by atoms with E-state index in [1.807, 2.05) is 20.2 Å². The maximum Gasteiger partial charge on any atom is 0.253 e. The van der Waals surface area contributed by atoms with E-state index in [2.05, 4.69) is 15.7 Å². The lowest BCUT2D eigenvalue weighted by Crippen LogP contribution is -2.19. The monoisotopic (exact) mass is 273 g/mol. The van der Waals surface area contributed by atoms with Gasteiger partial charge in [-0.3, -0.25) is 9.48 Å². The zero-order valence-electron chi connectivity index (χ0n) is 11.9. The third-order valence-electron chi connectivity index (χ3n) is 3.02. The van der Waals surface area contributed by atoms with Crippen LogP contribution in [0.5, 0.6) is 0 Å².